The molecule has 0 aliphatic heterocycles. The molecule has 0 amide bonds. The van der Waals surface area contributed by atoms with Crippen LogP contribution in [0.1, 0.15) is 18.9 Å². The summed E-state index contributed by atoms with van der Waals surface area (Å²) in [6, 6.07) is 4.29. The van der Waals surface area contributed by atoms with Gasteiger partial charge in [-0.25, -0.2) is 4.79 Å². The molecule has 1 aromatic rings. The van der Waals surface area contributed by atoms with Crippen LogP contribution < -0.4 is 4.74 Å². The summed E-state index contributed by atoms with van der Waals surface area (Å²) >= 11 is 0. The maximum Gasteiger partial charge on any atom is 0.328 e. The van der Waals surface area contributed by atoms with Gasteiger partial charge in [-0.15, -0.1) is 6.58 Å². The largest absolute Gasteiger partial charge is 0.486 e. The van der Waals surface area contributed by atoms with Crippen LogP contribution >= 0.6 is 0 Å². The van der Waals surface area contributed by atoms with E-state index in [9.17, 15) is 14.9 Å². The minimum absolute atomic E-state index is 0.156. The Kier molecular flexibility index (Phi) is 5.46. The zero-order valence-corrected chi connectivity index (χ0v) is 11.0. The molecular weight excluding hydrogens is 262 g/mol. The van der Waals surface area contributed by atoms with E-state index >= 15 is 0 Å². The SMILES string of the molecule is C=C(C)CCOc1ccc(/C=C/C(=O)O)cc1[N+](=O)[O-]. The molecule has 0 spiro atoms. The first-order chi connectivity index (χ1) is 9.40. The number of carboxylic acid groups (broad SMARTS) is 1. The highest BCUT2D eigenvalue weighted by Crippen LogP contribution is 2.28. The van der Waals surface area contributed by atoms with Crippen LogP contribution in [0.15, 0.2) is 36.4 Å². The fourth-order valence-corrected chi connectivity index (χ4v) is 1.41. The highest BCUT2D eigenvalue weighted by Gasteiger charge is 2.15. The third kappa shape index (κ3) is 4.93. The third-order valence-electron chi connectivity index (χ3n) is 2.38. The molecule has 1 aromatic carbocycles. The Bertz CT molecular complexity index is 563. The van der Waals surface area contributed by atoms with E-state index in [2.05, 4.69) is 6.58 Å². The number of carboxylic acids is 1. The van der Waals surface area contributed by atoms with E-state index in [0.29, 0.717) is 18.6 Å². The van der Waals surface area contributed by atoms with Crippen LogP contribution in [-0.2, 0) is 4.79 Å². The number of hydrogen-bond acceptors (Lipinski definition) is 4. The molecule has 106 valence electrons. The summed E-state index contributed by atoms with van der Waals surface area (Å²) in [5.74, 6) is -0.960. The van der Waals surface area contributed by atoms with Crippen molar-refractivity contribution in [1.82, 2.24) is 0 Å². The lowest BCUT2D eigenvalue weighted by Crippen LogP contribution is -2.01. The van der Waals surface area contributed by atoms with Crippen molar-refractivity contribution >= 4 is 17.7 Å². The molecule has 6 heteroatoms. The summed E-state index contributed by atoms with van der Waals surface area (Å²) in [6.07, 6.45) is 2.81. The monoisotopic (exact) mass is 277 g/mol. The Morgan fingerprint density at radius 2 is 2.25 bits per heavy atom. The third-order valence-corrected chi connectivity index (χ3v) is 2.38. The van der Waals surface area contributed by atoms with Crippen LogP contribution in [-0.4, -0.2) is 22.6 Å². The number of ether oxygens (including phenoxy) is 1. The second kappa shape index (κ2) is 7.08. The number of rotatable bonds is 7. The molecule has 1 rings (SSSR count). The minimum Gasteiger partial charge on any atom is -0.486 e. The summed E-state index contributed by atoms with van der Waals surface area (Å²) in [7, 11) is 0. The summed E-state index contributed by atoms with van der Waals surface area (Å²) in [5, 5.41) is 19.5. The maximum absolute atomic E-state index is 11.0. The van der Waals surface area contributed by atoms with Gasteiger partial charge in [-0.2, -0.15) is 0 Å². The zero-order valence-electron chi connectivity index (χ0n) is 11.0. The summed E-state index contributed by atoms with van der Waals surface area (Å²) in [5.41, 5.74) is 1.15. The highest BCUT2D eigenvalue weighted by atomic mass is 16.6. The fourth-order valence-electron chi connectivity index (χ4n) is 1.41. The van der Waals surface area contributed by atoms with E-state index in [1.807, 2.05) is 6.92 Å². The quantitative estimate of drug-likeness (QED) is 0.358. The van der Waals surface area contributed by atoms with Crippen LogP contribution in [0.4, 0.5) is 5.69 Å². The molecule has 0 saturated heterocycles. The lowest BCUT2D eigenvalue weighted by atomic mass is 10.1. The van der Waals surface area contributed by atoms with Crippen molar-refractivity contribution in [2.75, 3.05) is 6.61 Å². The number of nitro benzene ring substituents is 1. The Balaban J connectivity index is 2.93. The van der Waals surface area contributed by atoms with Crippen molar-refractivity contribution in [3.63, 3.8) is 0 Å². The van der Waals surface area contributed by atoms with E-state index in [1.165, 1.54) is 18.2 Å². The number of hydrogen-bond donors (Lipinski definition) is 1. The van der Waals surface area contributed by atoms with E-state index in [-0.39, 0.29) is 11.4 Å². The predicted molar refractivity (Wildman–Crippen MR) is 74.7 cm³/mol. The van der Waals surface area contributed by atoms with Crippen molar-refractivity contribution in [2.24, 2.45) is 0 Å². The zero-order chi connectivity index (χ0) is 15.1. The van der Waals surface area contributed by atoms with E-state index in [0.717, 1.165) is 11.6 Å². The predicted octanol–water partition coefficient (Wildman–Crippen LogP) is 3.04. The average Bonchev–Trinajstić information content (AvgIpc) is 2.36. The van der Waals surface area contributed by atoms with Crippen molar-refractivity contribution in [3.05, 3.63) is 52.1 Å². The molecule has 0 atom stereocenters. The average molecular weight is 277 g/mol. The Hall–Kier alpha value is -2.63. The lowest BCUT2D eigenvalue weighted by Gasteiger charge is -2.07. The lowest BCUT2D eigenvalue weighted by molar-refractivity contribution is -0.385. The van der Waals surface area contributed by atoms with Gasteiger partial charge in [-0.3, -0.25) is 10.1 Å². The number of nitrogens with zero attached hydrogens (tertiary/aromatic N) is 1. The number of benzene rings is 1. The van der Waals surface area contributed by atoms with Gasteiger partial charge < -0.3 is 9.84 Å². The maximum atomic E-state index is 11.0. The van der Waals surface area contributed by atoms with Gasteiger partial charge in [0.1, 0.15) is 0 Å². The first-order valence-electron chi connectivity index (χ1n) is 5.87. The number of carbonyl (C=O) groups is 1. The molecule has 6 nitrogen and oxygen atoms in total. The number of aliphatic carboxylic acids is 1. The molecule has 0 bridgehead atoms. The summed E-state index contributed by atoms with van der Waals surface area (Å²) < 4.78 is 5.35. The molecule has 0 aliphatic rings. The Morgan fingerprint density at radius 3 is 2.80 bits per heavy atom. The molecule has 0 fully saturated rings. The topological polar surface area (TPSA) is 89.7 Å². The van der Waals surface area contributed by atoms with Crippen molar-refractivity contribution < 1.29 is 19.6 Å². The second-order valence-electron chi connectivity index (χ2n) is 4.21. The summed E-state index contributed by atoms with van der Waals surface area (Å²) in [4.78, 5) is 20.8. The normalized spacial score (nSPS) is 10.4. The van der Waals surface area contributed by atoms with Crippen LogP contribution in [0.3, 0.4) is 0 Å². The van der Waals surface area contributed by atoms with Gasteiger partial charge >= 0.3 is 11.7 Å². The molecule has 0 aliphatic carbocycles. The van der Waals surface area contributed by atoms with Crippen LogP contribution in [0.25, 0.3) is 6.08 Å². The minimum atomic E-state index is -1.12. The van der Waals surface area contributed by atoms with Gasteiger partial charge in [0.05, 0.1) is 11.5 Å². The Morgan fingerprint density at radius 1 is 1.55 bits per heavy atom. The molecular formula is C14H15NO5. The van der Waals surface area contributed by atoms with Gasteiger partial charge in [-0.1, -0.05) is 11.6 Å². The van der Waals surface area contributed by atoms with Crippen LogP contribution in [0.2, 0.25) is 0 Å². The van der Waals surface area contributed by atoms with Gasteiger partial charge in [0.2, 0.25) is 0 Å². The van der Waals surface area contributed by atoms with E-state index < -0.39 is 10.9 Å². The molecule has 0 radical (unpaired) electrons. The highest BCUT2D eigenvalue weighted by molar-refractivity contribution is 5.85. The molecule has 0 saturated carbocycles. The van der Waals surface area contributed by atoms with Crippen molar-refractivity contribution in [2.45, 2.75) is 13.3 Å². The van der Waals surface area contributed by atoms with Gasteiger partial charge in [0.15, 0.2) is 5.75 Å². The molecule has 0 unspecified atom stereocenters. The van der Waals surface area contributed by atoms with Crippen molar-refractivity contribution in [1.29, 1.82) is 0 Å². The van der Waals surface area contributed by atoms with Crippen molar-refractivity contribution in [3.8, 4) is 5.75 Å². The molecule has 20 heavy (non-hydrogen) atoms. The number of nitro groups is 1. The molecule has 0 heterocycles. The fraction of sp³-hybridized carbons (Fsp3) is 0.214. The molecule has 0 aromatic heterocycles. The van der Waals surface area contributed by atoms with E-state index in [1.54, 1.807) is 6.07 Å². The summed E-state index contributed by atoms with van der Waals surface area (Å²) in [6.45, 7) is 5.87. The second-order valence-corrected chi connectivity index (χ2v) is 4.21. The van der Waals surface area contributed by atoms with Gasteiger partial charge in [0, 0.05) is 18.6 Å². The first kappa shape index (κ1) is 15.4. The first-order valence-corrected chi connectivity index (χ1v) is 5.87. The molecule has 1 N–H and O–H groups in total. The van der Waals surface area contributed by atoms with Gasteiger partial charge in [-0.05, 0) is 24.6 Å². The van der Waals surface area contributed by atoms with E-state index in [4.69, 9.17) is 9.84 Å². The standard InChI is InChI=1S/C14H15NO5/c1-10(2)7-8-20-13-5-3-11(4-6-14(16)17)9-12(13)15(18)19/h3-6,9H,1,7-8H2,2H3,(H,16,17)/b6-4+. The Labute approximate surface area is 116 Å². The van der Waals surface area contributed by atoms with Crippen LogP contribution in [0.5, 0.6) is 5.75 Å². The smallest absolute Gasteiger partial charge is 0.328 e. The van der Waals surface area contributed by atoms with Gasteiger partial charge in [0.25, 0.3) is 0 Å². The van der Waals surface area contributed by atoms with Crippen LogP contribution in [0, 0.1) is 10.1 Å².